The number of oxime groups is 1. The summed E-state index contributed by atoms with van der Waals surface area (Å²) in [6.07, 6.45) is 4.54. The molecule has 1 aliphatic rings. The first-order valence-electron chi connectivity index (χ1n) is 3.30. The number of carbonyl (C=O) groups is 1. The maximum absolute atomic E-state index is 10.4. The predicted molar refractivity (Wildman–Crippen MR) is 41.8 cm³/mol. The number of rotatable bonds is 2. The third-order valence-corrected chi connectivity index (χ3v) is 1.43. The molecule has 1 aliphatic heterocycles. The van der Waals surface area contributed by atoms with Gasteiger partial charge in [-0.3, -0.25) is 0 Å². The Balaban J connectivity index is 2.60. The fraction of sp³-hybridized carbons (Fsp3) is 0.143. The van der Waals surface area contributed by atoms with Crippen LogP contribution >= 0.6 is 0 Å². The lowest BCUT2D eigenvalue weighted by Crippen LogP contribution is -2.15. The number of dihydropyridines is 1. The van der Waals surface area contributed by atoms with E-state index in [0.717, 1.165) is 0 Å². The van der Waals surface area contributed by atoms with Crippen LogP contribution in [0.3, 0.4) is 0 Å². The van der Waals surface area contributed by atoms with E-state index in [1.165, 1.54) is 12.4 Å². The van der Waals surface area contributed by atoms with Crippen molar-refractivity contribution >= 4 is 12.2 Å². The summed E-state index contributed by atoms with van der Waals surface area (Å²) < 4.78 is 0. The first kappa shape index (κ1) is 8.32. The lowest BCUT2D eigenvalue weighted by Gasteiger charge is -2.08. The molecule has 0 radical (unpaired) electrons. The molecule has 5 nitrogen and oxygen atoms in total. The molecule has 0 atom stereocenters. The van der Waals surface area contributed by atoms with Crippen LogP contribution in [0.4, 0.5) is 0 Å². The van der Waals surface area contributed by atoms with Crippen LogP contribution < -0.4 is 5.32 Å². The Morgan fingerprint density at radius 2 is 2.50 bits per heavy atom. The molecular weight excluding hydrogens is 160 g/mol. The minimum Gasteiger partial charge on any atom is -0.478 e. The van der Waals surface area contributed by atoms with E-state index in [1.54, 1.807) is 6.08 Å². The monoisotopic (exact) mass is 168 g/mol. The first-order chi connectivity index (χ1) is 5.74. The van der Waals surface area contributed by atoms with Crippen molar-refractivity contribution in [3.05, 3.63) is 23.5 Å². The van der Waals surface area contributed by atoms with Crippen molar-refractivity contribution in [3.63, 3.8) is 0 Å². The van der Waals surface area contributed by atoms with Crippen LogP contribution in [-0.2, 0) is 4.79 Å². The highest BCUT2D eigenvalue weighted by Gasteiger charge is 2.09. The normalized spacial score (nSPS) is 16.7. The molecular formula is C7H8N2O3. The molecule has 0 aromatic rings. The van der Waals surface area contributed by atoms with Crippen LogP contribution in [0.25, 0.3) is 0 Å². The van der Waals surface area contributed by atoms with Gasteiger partial charge in [0.05, 0.1) is 17.5 Å². The summed E-state index contributed by atoms with van der Waals surface area (Å²) in [4.78, 5) is 10.4. The zero-order valence-corrected chi connectivity index (χ0v) is 6.19. The van der Waals surface area contributed by atoms with E-state index in [-0.39, 0.29) is 5.57 Å². The molecule has 0 saturated carbocycles. The molecule has 64 valence electrons. The largest absolute Gasteiger partial charge is 0.478 e. The number of carboxylic acid groups (broad SMARTS) is 1. The van der Waals surface area contributed by atoms with E-state index in [1.807, 2.05) is 0 Å². The fourth-order valence-corrected chi connectivity index (χ4v) is 0.809. The number of nitrogens with zero attached hydrogens (tertiary/aromatic N) is 1. The Labute approximate surface area is 68.7 Å². The van der Waals surface area contributed by atoms with Crippen molar-refractivity contribution in [2.75, 3.05) is 0 Å². The molecule has 0 saturated heterocycles. The number of nitrogens with one attached hydrogen (secondary N) is 1. The van der Waals surface area contributed by atoms with Gasteiger partial charge in [-0.2, -0.15) is 0 Å². The highest BCUT2D eigenvalue weighted by molar-refractivity contribution is 5.88. The molecule has 0 spiro atoms. The van der Waals surface area contributed by atoms with E-state index in [4.69, 9.17) is 10.3 Å². The van der Waals surface area contributed by atoms with Crippen molar-refractivity contribution < 1.29 is 15.1 Å². The Morgan fingerprint density at radius 1 is 1.75 bits per heavy atom. The van der Waals surface area contributed by atoms with Gasteiger partial charge in [-0.25, -0.2) is 4.79 Å². The molecule has 0 fully saturated rings. The summed E-state index contributed by atoms with van der Waals surface area (Å²) in [5, 5.41) is 22.1. The average molecular weight is 168 g/mol. The number of hydrogen-bond donors (Lipinski definition) is 3. The second kappa shape index (κ2) is 3.56. The van der Waals surface area contributed by atoms with Gasteiger partial charge in [0, 0.05) is 12.6 Å². The van der Waals surface area contributed by atoms with Gasteiger partial charge in [0.15, 0.2) is 0 Å². The maximum Gasteiger partial charge on any atom is 0.333 e. The summed E-state index contributed by atoms with van der Waals surface area (Å²) in [7, 11) is 0. The van der Waals surface area contributed by atoms with Gasteiger partial charge in [-0.05, 0) is 0 Å². The molecule has 12 heavy (non-hydrogen) atoms. The summed E-state index contributed by atoms with van der Waals surface area (Å²) in [6, 6.07) is 0. The standard InChI is InChI=1S/C7H8N2O3/c10-7(11)5-1-2-6(4-9-12)8-3-5/h2-4,8,12H,1H2,(H,10,11). The van der Waals surface area contributed by atoms with Gasteiger partial charge in [0.1, 0.15) is 0 Å². The summed E-state index contributed by atoms with van der Waals surface area (Å²) in [5.41, 5.74) is 0.868. The van der Waals surface area contributed by atoms with E-state index < -0.39 is 5.97 Å². The maximum atomic E-state index is 10.4. The molecule has 0 amide bonds. The van der Waals surface area contributed by atoms with Gasteiger partial charge >= 0.3 is 5.97 Å². The van der Waals surface area contributed by atoms with Gasteiger partial charge in [0.2, 0.25) is 0 Å². The summed E-state index contributed by atoms with van der Waals surface area (Å²) in [6.45, 7) is 0. The van der Waals surface area contributed by atoms with Crippen molar-refractivity contribution in [3.8, 4) is 0 Å². The average Bonchev–Trinajstić information content (AvgIpc) is 2.06. The van der Waals surface area contributed by atoms with Crippen molar-refractivity contribution in [1.82, 2.24) is 5.32 Å². The molecule has 0 unspecified atom stereocenters. The van der Waals surface area contributed by atoms with Gasteiger partial charge in [-0.15, -0.1) is 0 Å². The van der Waals surface area contributed by atoms with Crippen LogP contribution in [0.15, 0.2) is 28.7 Å². The second-order valence-electron chi connectivity index (χ2n) is 2.23. The van der Waals surface area contributed by atoms with Crippen LogP contribution in [0.1, 0.15) is 6.42 Å². The molecule has 5 heteroatoms. The molecule has 0 bridgehead atoms. The second-order valence-corrected chi connectivity index (χ2v) is 2.23. The zero-order chi connectivity index (χ0) is 8.97. The lowest BCUT2D eigenvalue weighted by atomic mass is 10.1. The van der Waals surface area contributed by atoms with E-state index in [9.17, 15) is 4.79 Å². The van der Waals surface area contributed by atoms with Crippen LogP contribution in [0.5, 0.6) is 0 Å². The Bertz CT molecular complexity index is 278. The smallest absolute Gasteiger partial charge is 0.333 e. The summed E-state index contributed by atoms with van der Waals surface area (Å²) >= 11 is 0. The number of allylic oxidation sites excluding steroid dienone is 2. The quantitative estimate of drug-likeness (QED) is 0.314. The van der Waals surface area contributed by atoms with E-state index >= 15 is 0 Å². The highest BCUT2D eigenvalue weighted by atomic mass is 16.4. The van der Waals surface area contributed by atoms with E-state index in [0.29, 0.717) is 12.1 Å². The number of carboxylic acids is 1. The molecule has 0 aromatic carbocycles. The van der Waals surface area contributed by atoms with Gasteiger partial charge < -0.3 is 15.6 Å². The SMILES string of the molecule is O=C(O)C1=CNC(C=NO)=CC1. The Hall–Kier alpha value is -1.78. The molecule has 0 aromatic heterocycles. The number of hydrogen-bond acceptors (Lipinski definition) is 4. The van der Waals surface area contributed by atoms with Crippen molar-refractivity contribution in [2.45, 2.75) is 6.42 Å². The van der Waals surface area contributed by atoms with Gasteiger partial charge in [0.25, 0.3) is 0 Å². The first-order valence-corrected chi connectivity index (χ1v) is 3.30. The van der Waals surface area contributed by atoms with Crippen molar-refractivity contribution in [2.24, 2.45) is 5.16 Å². The van der Waals surface area contributed by atoms with Crippen molar-refractivity contribution in [1.29, 1.82) is 0 Å². The minimum absolute atomic E-state index is 0.282. The van der Waals surface area contributed by atoms with Crippen LogP contribution in [-0.4, -0.2) is 22.5 Å². The predicted octanol–water partition coefficient (Wildman–Crippen LogP) is 0.292. The number of aliphatic carboxylic acids is 1. The van der Waals surface area contributed by atoms with Gasteiger partial charge in [-0.1, -0.05) is 11.2 Å². The van der Waals surface area contributed by atoms with Crippen LogP contribution in [0.2, 0.25) is 0 Å². The zero-order valence-electron chi connectivity index (χ0n) is 6.19. The molecule has 3 N–H and O–H groups in total. The lowest BCUT2D eigenvalue weighted by molar-refractivity contribution is -0.132. The molecule has 0 aliphatic carbocycles. The fourth-order valence-electron chi connectivity index (χ4n) is 0.809. The highest BCUT2D eigenvalue weighted by Crippen LogP contribution is 2.08. The van der Waals surface area contributed by atoms with Crippen LogP contribution in [0, 0.1) is 0 Å². The minimum atomic E-state index is -0.946. The van der Waals surface area contributed by atoms with E-state index in [2.05, 4.69) is 10.5 Å². The molecule has 1 heterocycles. The topological polar surface area (TPSA) is 81.9 Å². The molecule has 1 rings (SSSR count). The Kier molecular flexibility index (Phi) is 2.47. The summed E-state index contributed by atoms with van der Waals surface area (Å²) in [5.74, 6) is -0.946. The third-order valence-electron chi connectivity index (χ3n) is 1.43. The third kappa shape index (κ3) is 1.85. The Morgan fingerprint density at radius 3 is 2.92 bits per heavy atom.